The summed E-state index contributed by atoms with van der Waals surface area (Å²) < 4.78 is 22.7. The predicted octanol–water partition coefficient (Wildman–Crippen LogP) is 1.99. The van der Waals surface area contributed by atoms with Gasteiger partial charge >= 0.3 is 0 Å². The Morgan fingerprint density at radius 3 is 2.63 bits per heavy atom. The molecule has 0 bridgehead atoms. The summed E-state index contributed by atoms with van der Waals surface area (Å²) in [6.07, 6.45) is 0.736. The van der Waals surface area contributed by atoms with E-state index in [1.165, 1.54) is 11.3 Å². The Labute approximate surface area is 118 Å². The highest BCUT2D eigenvalue weighted by molar-refractivity contribution is 7.91. The first-order valence-corrected chi connectivity index (χ1v) is 9.05. The summed E-state index contributed by atoms with van der Waals surface area (Å²) in [5.74, 6) is -0.152. The first kappa shape index (κ1) is 14.7. The van der Waals surface area contributed by atoms with Gasteiger partial charge in [0.15, 0.2) is 9.84 Å². The topological polar surface area (TPSA) is 64.1 Å². The van der Waals surface area contributed by atoms with Crippen molar-refractivity contribution < 1.29 is 13.2 Å². The number of sulfone groups is 1. The van der Waals surface area contributed by atoms with Crippen LogP contribution in [0.2, 0.25) is 0 Å². The van der Waals surface area contributed by atoms with Crippen LogP contribution in [0.4, 0.5) is 0 Å². The van der Waals surface area contributed by atoms with Gasteiger partial charge in [0.05, 0.1) is 23.6 Å². The summed E-state index contributed by atoms with van der Waals surface area (Å²) >= 11 is 1.48. The van der Waals surface area contributed by atoms with Crippen LogP contribution in [0, 0.1) is 5.92 Å². The summed E-state index contributed by atoms with van der Waals surface area (Å²) in [5.41, 5.74) is 0.966. The van der Waals surface area contributed by atoms with Gasteiger partial charge in [0, 0.05) is 16.7 Å². The van der Waals surface area contributed by atoms with Crippen LogP contribution in [0.5, 0.6) is 0 Å². The molecule has 1 aliphatic heterocycles. The lowest BCUT2D eigenvalue weighted by molar-refractivity contribution is -0.121. The Hall–Kier alpha value is -0.750. The van der Waals surface area contributed by atoms with E-state index in [0.29, 0.717) is 6.42 Å². The van der Waals surface area contributed by atoms with E-state index in [9.17, 15) is 13.2 Å². The average Bonchev–Trinajstić information content (AvgIpc) is 2.83. The summed E-state index contributed by atoms with van der Waals surface area (Å²) in [5, 5.41) is 2.77. The highest BCUT2D eigenvalue weighted by atomic mass is 32.2. The van der Waals surface area contributed by atoms with Crippen LogP contribution in [0.15, 0.2) is 5.38 Å². The number of hydrogen-bond donors (Lipinski definition) is 0. The second-order valence-electron chi connectivity index (χ2n) is 6.12. The predicted molar refractivity (Wildman–Crippen MR) is 76.3 cm³/mol. The van der Waals surface area contributed by atoms with Crippen LogP contribution in [0.1, 0.15) is 37.9 Å². The summed E-state index contributed by atoms with van der Waals surface area (Å²) in [6, 6.07) is 0. The molecule has 4 nitrogen and oxygen atoms in total. The maximum absolute atomic E-state index is 12.1. The molecule has 6 heteroatoms. The lowest BCUT2D eigenvalue weighted by Crippen LogP contribution is -2.18. The van der Waals surface area contributed by atoms with Crippen LogP contribution in [-0.4, -0.2) is 30.7 Å². The lowest BCUT2D eigenvalue weighted by Gasteiger charge is -2.14. The number of carbonyl (C=O) groups is 1. The fourth-order valence-corrected chi connectivity index (χ4v) is 4.89. The number of aromatic nitrogens is 1. The molecular formula is C13H19NO3S2. The van der Waals surface area contributed by atoms with E-state index in [4.69, 9.17) is 0 Å². The van der Waals surface area contributed by atoms with Crippen LogP contribution in [-0.2, 0) is 26.5 Å². The largest absolute Gasteiger partial charge is 0.299 e. The smallest absolute Gasteiger partial charge is 0.151 e. The van der Waals surface area contributed by atoms with E-state index < -0.39 is 9.84 Å². The molecule has 0 aliphatic carbocycles. The zero-order chi connectivity index (χ0) is 14.3. The average molecular weight is 301 g/mol. The second kappa shape index (κ2) is 4.98. The highest BCUT2D eigenvalue weighted by Gasteiger charge is 2.33. The molecule has 1 aromatic rings. The summed E-state index contributed by atoms with van der Waals surface area (Å²) in [6.45, 7) is 6.24. The van der Waals surface area contributed by atoms with Crippen LogP contribution in [0.25, 0.3) is 0 Å². The Bertz CT molecular complexity index is 581. The molecule has 1 atom stereocenters. The summed E-state index contributed by atoms with van der Waals surface area (Å²) in [4.78, 5) is 16.5. The minimum Gasteiger partial charge on any atom is -0.299 e. The molecule has 1 fully saturated rings. The zero-order valence-electron chi connectivity index (χ0n) is 11.5. The third-order valence-corrected chi connectivity index (χ3v) is 5.95. The van der Waals surface area contributed by atoms with Crippen molar-refractivity contribution in [1.29, 1.82) is 0 Å². The lowest BCUT2D eigenvalue weighted by atomic mass is 9.93. The molecule has 2 heterocycles. The van der Waals surface area contributed by atoms with Gasteiger partial charge in [-0.2, -0.15) is 0 Å². The standard InChI is InChI=1S/C13H19NO3S2/c1-13(2,3)11-7-18-12(14-11)6-10(15)9-4-5-19(16,17)8-9/h7,9H,4-6,8H2,1-3H3. The van der Waals surface area contributed by atoms with Gasteiger partial charge in [-0.15, -0.1) is 11.3 Å². The first-order valence-electron chi connectivity index (χ1n) is 6.35. The highest BCUT2D eigenvalue weighted by Crippen LogP contribution is 2.26. The molecule has 0 N–H and O–H groups in total. The van der Waals surface area contributed by atoms with Crippen molar-refractivity contribution in [2.75, 3.05) is 11.5 Å². The molecule has 1 unspecified atom stereocenters. The van der Waals surface area contributed by atoms with Crippen molar-refractivity contribution in [2.45, 2.75) is 39.0 Å². The number of thiazole rings is 1. The molecular weight excluding hydrogens is 282 g/mol. The maximum atomic E-state index is 12.1. The van der Waals surface area contributed by atoms with E-state index in [2.05, 4.69) is 25.8 Å². The van der Waals surface area contributed by atoms with Crippen molar-refractivity contribution in [3.05, 3.63) is 16.1 Å². The molecule has 0 saturated carbocycles. The van der Waals surface area contributed by atoms with Crippen molar-refractivity contribution in [2.24, 2.45) is 5.92 Å². The first-order chi connectivity index (χ1) is 8.67. The zero-order valence-corrected chi connectivity index (χ0v) is 13.1. The van der Waals surface area contributed by atoms with Crippen molar-refractivity contribution in [1.82, 2.24) is 4.98 Å². The molecule has 106 valence electrons. The molecule has 0 amide bonds. The van der Waals surface area contributed by atoms with Gasteiger partial charge in [0.1, 0.15) is 10.8 Å². The maximum Gasteiger partial charge on any atom is 0.151 e. The van der Waals surface area contributed by atoms with Crippen molar-refractivity contribution in [3.63, 3.8) is 0 Å². The number of nitrogens with zero attached hydrogens (tertiary/aromatic N) is 1. The van der Waals surface area contributed by atoms with E-state index in [1.54, 1.807) is 0 Å². The van der Waals surface area contributed by atoms with Gasteiger partial charge in [0.2, 0.25) is 0 Å². The molecule has 2 rings (SSSR count). The number of carbonyl (C=O) groups excluding carboxylic acids is 1. The van der Waals surface area contributed by atoms with Crippen LogP contribution in [0.3, 0.4) is 0 Å². The van der Waals surface area contributed by atoms with E-state index in [-0.39, 0.29) is 35.0 Å². The van der Waals surface area contributed by atoms with Gasteiger partial charge in [-0.05, 0) is 6.42 Å². The molecule has 1 aromatic heterocycles. The fourth-order valence-electron chi connectivity index (χ4n) is 2.08. The number of Topliss-reactive ketones (excluding diaryl/α,β-unsaturated/α-hetero) is 1. The fraction of sp³-hybridized carbons (Fsp3) is 0.692. The van der Waals surface area contributed by atoms with Crippen LogP contribution < -0.4 is 0 Å². The van der Waals surface area contributed by atoms with Crippen molar-refractivity contribution >= 4 is 27.0 Å². The molecule has 0 aromatic carbocycles. The Kier molecular flexibility index (Phi) is 3.84. The van der Waals surface area contributed by atoms with Gasteiger partial charge in [-0.1, -0.05) is 20.8 Å². The molecule has 1 saturated heterocycles. The number of ketones is 1. The number of hydrogen-bond acceptors (Lipinski definition) is 5. The van der Waals surface area contributed by atoms with E-state index in [1.807, 2.05) is 5.38 Å². The minimum atomic E-state index is -2.99. The van der Waals surface area contributed by atoms with E-state index in [0.717, 1.165) is 10.7 Å². The van der Waals surface area contributed by atoms with Crippen LogP contribution >= 0.6 is 11.3 Å². The third kappa shape index (κ3) is 3.63. The molecule has 19 heavy (non-hydrogen) atoms. The van der Waals surface area contributed by atoms with Gasteiger partial charge in [-0.25, -0.2) is 13.4 Å². The molecule has 1 aliphatic rings. The van der Waals surface area contributed by atoms with Gasteiger partial charge in [0.25, 0.3) is 0 Å². The quantitative estimate of drug-likeness (QED) is 0.856. The summed E-state index contributed by atoms with van der Waals surface area (Å²) in [7, 11) is -2.99. The molecule has 0 radical (unpaired) electrons. The molecule has 0 spiro atoms. The van der Waals surface area contributed by atoms with Gasteiger partial charge < -0.3 is 0 Å². The van der Waals surface area contributed by atoms with Gasteiger partial charge in [-0.3, -0.25) is 4.79 Å². The minimum absolute atomic E-state index is 0.0101. The normalized spacial score (nSPS) is 22.6. The Morgan fingerprint density at radius 1 is 1.47 bits per heavy atom. The van der Waals surface area contributed by atoms with E-state index >= 15 is 0 Å². The Morgan fingerprint density at radius 2 is 2.16 bits per heavy atom. The third-order valence-electron chi connectivity index (χ3n) is 3.33. The Balaban J connectivity index is 2.02. The monoisotopic (exact) mass is 301 g/mol. The second-order valence-corrected chi connectivity index (χ2v) is 9.29. The number of rotatable bonds is 3. The SMILES string of the molecule is CC(C)(C)c1csc(CC(=O)C2CCS(=O)(=O)C2)n1. The van der Waals surface area contributed by atoms with Crippen molar-refractivity contribution in [3.8, 4) is 0 Å².